The topological polar surface area (TPSA) is 71.1 Å². The van der Waals surface area contributed by atoms with Gasteiger partial charge in [-0.15, -0.1) is 11.3 Å². The van der Waals surface area contributed by atoms with Gasteiger partial charge in [0.1, 0.15) is 11.0 Å². The quantitative estimate of drug-likeness (QED) is 0.858. The minimum absolute atomic E-state index is 0.114. The molecule has 1 heterocycles. The number of rotatable bonds is 4. The van der Waals surface area contributed by atoms with Crippen molar-refractivity contribution in [3.05, 3.63) is 16.6 Å². The molecule has 0 fully saturated rings. The number of amides is 2. The molecule has 1 aromatic rings. The Morgan fingerprint density at radius 3 is 2.67 bits per heavy atom. The van der Waals surface area contributed by atoms with Crippen LogP contribution < -0.4 is 10.6 Å². The molecular weight excluding hydrogens is 271 g/mol. The second-order valence-corrected chi connectivity index (χ2v) is 4.32. The highest BCUT2D eigenvalue weighted by atomic mass is 32.1. The molecule has 0 saturated heterocycles. The Morgan fingerprint density at radius 2 is 2.17 bits per heavy atom. The van der Waals surface area contributed by atoms with Gasteiger partial charge in [0.05, 0.1) is 6.54 Å². The number of carbonyl (C=O) groups is 2. The Bertz CT molecular complexity index is 419. The van der Waals surface area contributed by atoms with Crippen LogP contribution in [0.4, 0.5) is 13.2 Å². The van der Waals surface area contributed by atoms with Crippen molar-refractivity contribution in [3.63, 3.8) is 0 Å². The average Bonchev–Trinajstić information content (AvgIpc) is 2.77. The number of aromatic nitrogens is 1. The molecule has 0 aliphatic rings. The molecule has 0 aliphatic carbocycles. The van der Waals surface area contributed by atoms with Gasteiger partial charge in [0.15, 0.2) is 0 Å². The molecule has 9 heteroatoms. The normalized spacial score (nSPS) is 12.9. The summed E-state index contributed by atoms with van der Waals surface area (Å²) in [5, 5.41) is 6.25. The molecule has 1 rings (SSSR count). The number of nitrogens with zero attached hydrogens (tertiary/aromatic N) is 1. The van der Waals surface area contributed by atoms with Gasteiger partial charge in [0, 0.05) is 11.6 Å². The lowest BCUT2D eigenvalue weighted by Gasteiger charge is -2.14. The third-order valence-electron chi connectivity index (χ3n) is 1.90. The molecule has 1 atom stereocenters. The number of hydrogen-bond donors (Lipinski definition) is 2. The minimum atomic E-state index is -5.00. The maximum absolute atomic E-state index is 11.9. The number of nitrogens with one attached hydrogen (secondary N) is 2. The zero-order valence-electron chi connectivity index (χ0n) is 9.25. The van der Waals surface area contributed by atoms with Crippen molar-refractivity contribution in [2.75, 3.05) is 0 Å². The van der Waals surface area contributed by atoms with Crippen LogP contribution in [0, 0.1) is 0 Å². The van der Waals surface area contributed by atoms with Crippen LogP contribution in [0.1, 0.15) is 11.9 Å². The number of thiazole rings is 1. The lowest BCUT2D eigenvalue weighted by Crippen LogP contribution is -2.48. The number of alkyl halides is 3. The van der Waals surface area contributed by atoms with E-state index < -0.39 is 24.0 Å². The minimum Gasteiger partial charge on any atom is -0.348 e. The molecule has 18 heavy (non-hydrogen) atoms. The summed E-state index contributed by atoms with van der Waals surface area (Å²) in [7, 11) is 0. The molecule has 2 amide bonds. The van der Waals surface area contributed by atoms with Crippen molar-refractivity contribution in [1.29, 1.82) is 0 Å². The van der Waals surface area contributed by atoms with Crippen LogP contribution in [0.3, 0.4) is 0 Å². The van der Waals surface area contributed by atoms with Gasteiger partial charge in [0.25, 0.3) is 0 Å². The van der Waals surface area contributed by atoms with Gasteiger partial charge in [-0.2, -0.15) is 13.2 Å². The summed E-state index contributed by atoms with van der Waals surface area (Å²) in [5.74, 6) is -2.85. The summed E-state index contributed by atoms with van der Waals surface area (Å²) in [6, 6.07) is -1.26. The molecule has 100 valence electrons. The fraction of sp³-hybridized carbons (Fsp3) is 0.444. The van der Waals surface area contributed by atoms with E-state index in [9.17, 15) is 22.8 Å². The van der Waals surface area contributed by atoms with Crippen LogP contribution >= 0.6 is 11.3 Å². The van der Waals surface area contributed by atoms with Crippen molar-refractivity contribution in [2.45, 2.75) is 25.7 Å². The van der Waals surface area contributed by atoms with Gasteiger partial charge < -0.3 is 10.6 Å². The van der Waals surface area contributed by atoms with Crippen LogP contribution in [-0.2, 0) is 16.1 Å². The molecule has 5 nitrogen and oxygen atoms in total. The first kappa shape index (κ1) is 14.4. The van der Waals surface area contributed by atoms with Crippen molar-refractivity contribution in [2.24, 2.45) is 0 Å². The molecule has 0 radical (unpaired) electrons. The van der Waals surface area contributed by atoms with Gasteiger partial charge in [-0.1, -0.05) is 0 Å². The summed E-state index contributed by atoms with van der Waals surface area (Å²) in [6.45, 7) is 1.28. The Morgan fingerprint density at radius 1 is 1.50 bits per heavy atom. The van der Waals surface area contributed by atoms with E-state index in [-0.39, 0.29) is 6.54 Å². The predicted molar refractivity (Wildman–Crippen MR) is 57.6 cm³/mol. The fourth-order valence-corrected chi connectivity index (χ4v) is 1.56. The molecule has 0 unspecified atom stereocenters. The first-order chi connectivity index (χ1) is 8.30. The van der Waals surface area contributed by atoms with Crippen LogP contribution in [0.2, 0.25) is 0 Å². The van der Waals surface area contributed by atoms with E-state index in [1.165, 1.54) is 18.3 Å². The summed E-state index contributed by atoms with van der Waals surface area (Å²) in [4.78, 5) is 25.9. The SMILES string of the molecule is C[C@H](NC(=O)C(F)(F)F)C(=O)NCc1nccs1. The van der Waals surface area contributed by atoms with E-state index in [4.69, 9.17) is 0 Å². The predicted octanol–water partition coefficient (Wildman–Crippen LogP) is 0.826. The van der Waals surface area contributed by atoms with Crippen LogP contribution in [0.25, 0.3) is 0 Å². The van der Waals surface area contributed by atoms with Crippen molar-refractivity contribution in [3.8, 4) is 0 Å². The highest BCUT2D eigenvalue weighted by molar-refractivity contribution is 7.09. The van der Waals surface area contributed by atoms with Crippen molar-refractivity contribution < 1.29 is 22.8 Å². The van der Waals surface area contributed by atoms with Gasteiger partial charge in [0.2, 0.25) is 5.91 Å². The first-order valence-corrected chi connectivity index (χ1v) is 5.72. The summed E-state index contributed by atoms with van der Waals surface area (Å²) in [6.07, 6.45) is -3.45. The standard InChI is InChI=1S/C9H10F3N3O2S/c1-5(15-8(17)9(10,11)12)7(16)14-4-6-13-2-3-18-6/h2-3,5H,4H2,1H3,(H,14,16)(H,15,17)/t5-/m0/s1. The number of carbonyl (C=O) groups excluding carboxylic acids is 2. The molecule has 0 aromatic carbocycles. The second-order valence-electron chi connectivity index (χ2n) is 3.34. The molecule has 0 saturated carbocycles. The third-order valence-corrected chi connectivity index (χ3v) is 2.68. The Balaban J connectivity index is 2.40. The zero-order chi connectivity index (χ0) is 13.8. The molecular formula is C9H10F3N3O2S. The monoisotopic (exact) mass is 281 g/mol. The Kier molecular flexibility index (Phi) is 4.65. The van der Waals surface area contributed by atoms with E-state index in [2.05, 4.69) is 10.3 Å². The summed E-state index contributed by atoms with van der Waals surface area (Å²) in [5.41, 5.74) is 0. The van der Waals surface area contributed by atoms with Gasteiger partial charge >= 0.3 is 12.1 Å². The third kappa shape index (κ3) is 4.32. The maximum atomic E-state index is 11.9. The van der Waals surface area contributed by atoms with Crippen molar-refractivity contribution in [1.82, 2.24) is 15.6 Å². The van der Waals surface area contributed by atoms with E-state index in [1.807, 2.05) is 0 Å². The average molecular weight is 281 g/mol. The van der Waals surface area contributed by atoms with E-state index >= 15 is 0 Å². The van der Waals surface area contributed by atoms with Crippen LogP contribution in [-0.4, -0.2) is 29.0 Å². The molecule has 1 aromatic heterocycles. The number of halogens is 3. The van der Waals surface area contributed by atoms with Crippen LogP contribution in [0.15, 0.2) is 11.6 Å². The zero-order valence-corrected chi connectivity index (χ0v) is 10.1. The fourth-order valence-electron chi connectivity index (χ4n) is 1.00. The molecule has 2 N–H and O–H groups in total. The largest absolute Gasteiger partial charge is 0.471 e. The summed E-state index contributed by atoms with van der Waals surface area (Å²) >= 11 is 1.30. The maximum Gasteiger partial charge on any atom is 0.471 e. The number of hydrogen-bond acceptors (Lipinski definition) is 4. The van der Waals surface area contributed by atoms with Gasteiger partial charge in [-0.05, 0) is 6.92 Å². The smallest absolute Gasteiger partial charge is 0.348 e. The van der Waals surface area contributed by atoms with Crippen molar-refractivity contribution >= 4 is 23.2 Å². The molecule has 0 bridgehead atoms. The highest BCUT2D eigenvalue weighted by Gasteiger charge is 2.39. The van der Waals surface area contributed by atoms with Crippen LogP contribution in [0.5, 0.6) is 0 Å². The highest BCUT2D eigenvalue weighted by Crippen LogP contribution is 2.14. The van der Waals surface area contributed by atoms with E-state index in [0.29, 0.717) is 5.01 Å². The lowest BCUT2D eigenvalue weighted by molar-refractivity contribution is -0.174. The first-order valence-electron chi connectivity index (χ1n) is 4.84. The summed E-state index contributed by atoms with van der Waals surface area (Å²) < 4.78 is 35.8. The van der Waals surface area contributed by atoms with Gasteiger partial charge in [-0.25, -0.2) is 4.98 Å². The van der Waals surface area contributed by atoms with Gasteiger partial charge in [-0.3, -0.25) is 9.59 Å². The van der Waals surface area contributed by atoms with E-state index in [1.54, 1.807) is 16.9 Å². The molecule has 0 aliphatic heterocycles. The van der Waals surface area contributed by atoms with E-state index in [0.717, 1.165) is 0 Å². The lowest BCUT2D eigenvalue weighted by atomic mass is 10.3. The molecule has 0 spiro atoms. The Labute approximate surface area is 104 Å². The second kappa shape index (κ2) is 5.80. The Hall–Kier alpha value is -1.64.